The van der Waals surface area contributed by atoms with Gasteiger partial charge in [-0.1, -0.05) is 18.2 Å². The van der Waals surface area contributed by atoms with Gasteiger partial charge in [-0.25, -0.2) is 4.79 Å². The minimum absolute atomic E-state index is 0.0137. The van der Waals surface area contributed by atoms with E-state index in [4.69, 9.17) is 15.1 Å². The Morgan fingerprint density at radius 3 is 2.88 bits per heavy atom. The molecule has 16 heavy (non-hydrogen) atoms. The summed E-state index contributed by atoms with van der Waals surface area (Å²) in [5.74, 6) is -0.501. The van der Waals surface area contributed by atoms with Crippen molar-refractivity contribution in [3.05, 3.63) is 47.2 Å². The summed E-state index contributed by atoms with van der Waals surface area (Å²) in [6.45, 7) is 0. The third-order valence-corrected chi connectivity index (χ3v) is 2.13. The molecule has 1 aliphatic heterocycles. The van der Waals surface area contributed by atoms with Gasteiger partial charge in [-0.15, -0.1) is 0 Å². The number of fused-ring (bicyclic) bond motifs is 1. The molecule has 78 valence electrons. The van der Waals surface area contributed by atoms with E-state index in [-0.39, 0.29) is 11.3 Å². The Labute approximate surface area is 91.7 Å². The maximum atomic E-state index is 11.0. The van der Waals surface area contributed by atoms with E-state index in [2.05, 4.69) is 0 Å². The molecule has 1 heterocycles. The Kier molecular flexibility index (Phi) is 2.44. The number of nitriles is 1. The fraction of sp³-hybridized carbons (Fsp3) is 0. The predicted molar refractivity (Wildman–Crippen MR) is 56.4 cm³/mol. The van der Waals surface area contributed by atoms with Crippen LogP contribution >= 0.6 is 0 Å². The molecule has 0 aromatic heterocycles. The van der Waals surface area contributed by atoms with Crippen LogP contribution in [0.2, 0.25) is 0 Å². The zero-order chi connectivity index (χ0) is 11.5. The lowest BCUT2D eigenvalue weighted by atomic mass is 10.1. The van der Waals surface area contributed by atoms with Crippen LogP contribution in [0.1, 0.15) is 5.56 Å². The fourth-order valence-corrected chi connectivity index (χ4v) is 1.43. The van der Waals surface area contributed by atoms with Crippen LogP contribution in [-0.2, 0) is 4.79 Å². The van der Waals surface area contributed by atoms with Crippen LogP contribution in [0.4, 0.5) is 0 Å². The number of allylic oxidation sites excluding steroid dienone is 1. The zero-order valence-corrected chi connectivity index (χ0v) is 8.18. The number of hydrogen-bond donors (Lipinski definition) is 1. The molecular weight excluding hydrogens is 206 g/mol. The van der Waals surface area contributed by atoms with Crippen molar-refractivity contribution >= 4 is 12.0 Å². The van der Waals surface area contributed by atoms with Gasteiger partial charge in [-0.05, 0) is 12.1 Å². The predicted octanol–water partition coefficient (Wildman–Crippen LogP) is 1.95. The Morgan fingerprint density at radius 1 is 1.44 bits per heavy atom. The van der Waals surface area contributed by atoms with Gasteiger partial charge in [0.05, 0.1) is 12.1 Å². The average molecular weight is 213 g/mol. The molecule has 0 bridgehead atoms. The number of hydrogen-bond acceptors (Lipinski definition) is 3. The summed E-state index contributed by atoms with van der Waals surface area (Å²) in [6.07, 6.45) is 2.57. The van der Waals surface area contributed by atoms with Crippen LogP contribution in [-0.4, -0.2) is 11.1 Å². The lowest BCUT2D eigenvalue weighted by Crippen LogP contribution is -2.12. The highest BCUT2D eigenvalue weighted by Gasteiger charge is 2.21. The van der Waals surface area contributed by atoms with E-state index in [0.717, 1.165) is 6.08 Å². The second-order valence-electron chi connectivity index (χ2n) is 3.14. The number of para-hydroxylation sites is 1. The fourth-order valence-electron chi connectivity index (χ4n) is 1.43. The molecule has 2 rings (SSSR count). The highest BCUT2D eigenvalue weighted by molar-refractivity contribution is 5.98. The summed E-state index contributed by atoms with van der Waals surface area (Å²) >= 11 is 0. The molecule has 1 aromatic rings. The normalized spacial score (nSPS) is 15.7. The Hall–Kier alpha value is -2.54. The van der Waals surface area contributed by atoms with Gasteiger partial charge in [-0.3, -0.25) is 0 Å². The molecule has 0 unspecified atom stereocenters. The molecule has 0 aliphatic carbocycles. The van der Waals surface area contributed by atoms with Crippen molar-refractivity contribution in [3.63, 3.8) is 0 Å². The monoisotopic (exact) mass is 213 g/mol. The van der Waals surface area contributed by atoms with Crippen molar-refractivity contribution in [3.8, 4) is 11.8 Å². The number of carbonyl (C=O) groups is 1. The van der Waals surface area contributed by atoms with E-state index < -0.39 is 5.97 Å². The highest BCUT2D eigenvalue weighted by atomic mass is 16.5. The molecule has 0 spiro atoms. The Morgan fingerprint density at radius 2 is 2.19 bits per heavy atom. The summed E-state index contributed by atoms with van der Waals surface area (Å²) in [5, 5.41) is 17.5. The van der Waals surface area contributed by atoms with Crippen molar-refractivity contribution in [1.82, 2.24) is 0 Å². The highest BCUT2D eigenvalue weighted by Crippen LogP contribution is 2.31. The van der Waals surface area contributed by atoms with Crippen LogP contribution in [0.15, 0.2) is 41.7 Å². The molecule has 1 aliphatic rings. The third kappa shape index (κ3) is 1.66. The molecule has 0 amide bonds. The van der Waals surface area contributed by atoms with Crippen molar-refractivity contribution in [1.29, 1.82) is 5.26 Å². The lowest BCUT2D eigenvalue weighted by Gasteiger charge is -2.17. The van der Waals surface area contributed by atoms with Crippen LogP contribution in [0.25, 0.3) is 6.08 Å². The van der Waals surface area contributed by atoms with Crippen LogP contribution in [0, 0.1) is 11.3 Å². The zero-order valence-electron chi connectivity index (χ0n) is 8.18. The Bertz CT molecular complexity index is 550. The summed E-state index contributed by atoms with van der Waals surface area (Å²) in [7, 11) is 0. The van der Waals surface area contributed by atoms with E-state index >= 15 is 0 Å². The second-order valence-corrected chi connectivity index (χ2v) is 3.14. The van der Waals surface area contributed by atoms with Gasteiger partial charge in [0.15, 0.2) is 5.76 Å². The topological polar surface area (TPSA) is 70.3 Å². The first kappa shape index (κ1) is 9.99. The molecule has 0 saturated carbocycles. The maximum absolute atomic E-state index is 11.0. The first-order valence-corrected chi connectivity index (χ1v) is 4.54. The van der Waals surface area contributed by atoms with E-state index in [1.54, 1.807) is 30.3 Å². The molecule has 0 fully saturated rings. The number of nitrogens with zero attached hydrogens (tertiary/aromatic N) is 1. The summed E-state index contributed by atoms with van der Waals surface area (Å²) in [5.41, 5.74) is 0.676. The van der Waals surface area contributed by atoms with Crippen LogP contribution in [0.3, 0.4) is 0 Å². The average Bonchev–Trinajstić information content (AvgIpc) is 2.28. The van der Waals surface area contributed by atoms with Crippen LogP contribution in [0.5, 0.6) is 5.75 Å². The van der Waals surface area contributed by atoms with E-state index in [1.807, 2.05) is 0 Å². The minimum atomic E-state index is -1.11. The quantitative estimate of drug-likeness (QED) is 0.724. The molecule has 4 heteroatoms. The van der Waals surface area contributed by atoms with Gasteiger partial charge in [0.25, 0.3) is 0 Å². The lowest BCUT2D eigenvalue weighted by molar-refractivity contribution is -0.132. The molecule has 1 N–H and O–H groups in total. The second kappa shape index (κ2) is 3.91. The number of carboxylic acids is 1. The van der Waals surface area contributed by atoms with Crippen molar-refractivity contribution in [2.75, 3.05) is 0 Å². The number of benzene rings is 1. The van der Waals surface area contributed by atoms with Gasteiger partial charge in [-0.2, -0.15) is 5.26 Å². The molecule has 1 aromatic carbocycles. The van der Waals surface area contributed by atoms with Crippen molar-refractivity contribution in [2.24, 2.45) is 0 Å². The number of ether oxygens (including phenoxy) is 1. The number of carboxylic acid groups (broad SMARTS) is 1. The molecular formula is C12H7NO3. The first-order chi connectivity index (χ1) is 7.72. The molecule has 0 saturated heterocycles. The maximum Gasteiger partial charge on any atom is 0.339 e. The minimum Gasteiger partial charge on any atom is -0.478 e. The molecule has 4 nitrogen and oxygen atoms in total. The molecule has 0 radical (unpaired) electrons. The van der Waals surface area contributed by atoms with Crippen molar-refractivity contribution in [2.45, 2.75) is 0 Å². The number of aliphatic carboxylic acids is 1. The van der Waals surface area contributed by atoms with E-state index in [0.29, 0.717) is 11.3 Å². The Balaban J connectivity index is 2.57. The summed E-state index contributed by atoms with van der Waals surface area (Å²) in [4.78, 5) is 11.0. The van der Waals surface area contributed by atoms with E-state index in [9.17, 15) is 4.79 Å². The summed E-state index contributed by atoms with van der Waals surface area (Å²) < 4.78 is 5.34. The third-order valence-electron chi connectivity index (χ3n) is 2.13. The largest absolute Gasteiger partial charge is 0.478 e. The van der Waals surface area contributed by atoms with E-state index in [1.165, 1.54) is 6.08 Å². The van der Waals surface area contributed by atoms with Gasteiger partial charge in [0, 0.05) is 5.56 Å². The summed E-state index contributed by atoms with van der Waals surface area (Å²) in [6, 6.07) is 8.80. The standard InChI is InChI=1S/C12H7NO3/c13-6-5-11-9(12(14)15)7-8-3-1-2-4-10(8)16-11/h1-5,7H,(H,14,15). The van der Waals surface area contributed by atoms with Crippen molar-refractivity contribution < 1.29 is 14.6 Å². The molecule has 0 atom stereocenters. The van der Waals surface area contributed by atoms with Gasteiger partial charge in [0.1, 0.15) is 11.3 Å². The SMILES string of the molecule is N#CC=C1Oc2ccccc2C=C1C(=O)O. The van der Waals surface area contributed by atoms with Crippen LogP contribution < -0.4 is 4.74 Å². The van der Waals surface area contributed by atoms with Gasteiger partial charge >= 0.3 is 5.97 Å². The number of rotatable bonds is 1. The first-order valence-electron chi connectivity index (χ1n) is 4.54. The van der Waals surface area contributed by atoms with Gasteiger partial charge in [0.2, 0.25) is 0 Å². The smallest absolute Gasteiger partial charge is 0.339 e. The van der Waals surface area contributed by atoms with Gasteiger partial charge < -0.3 is 9.84 Å².